The topological polar surface area (TPSA) is 49.3 Å². The van der Waals surface area contributed by atoms with E-state index in [0.29, 0.717) is 12.1 Å². The maximum Gasteiger partial charge on any atom is 0.257 e. The van der Waals surface area contributed by atoms with Gasteiger partial charge >= 0.3 is 0 Å². The second-order valence-corrected chi connectivity index (χ2v) is 9.32. The smallest absolute Gasteiger partial charge is 0.257 e. The van der Waals surface area contributed by atoms with Gasteiger partial charge in [0.25, 0.3) is 5.91 Å². The maximum atomic E-state index is 13.9. The summed E-state index contributed by atoms with van der Waals surface area (Å²) in [4.78, 5) is 26.4. The fourth-order valence-electron chi connectivity index (χ4n) is 5.06. The highest BCUT2D eigenvalue weighted by atomic mass is 19.1. The minimum atomic E-state index is -0.246. The van der Waals surface area contributed by atoms with Crippen molar-refractivity contribution >= 4 is 11.6 Å². The SMILES string of the molecule is CC(C)c1ncc(C(=O)N2CCCC23CN(c2cccc(F)c2)C(C)(C)C3)cn1. The molecule has 5 nitrogen and oxygen atoms in total. The molecule has 0 radical (unpaired) electrons. The summed E-state index contributed by atoms with van der Waals surface area (Å²) in [5.74, 6) is 0.736. The molecule has 2 saturated heterocycles. The number of halogens is 1. The maximum absolute atomic E-state index is 13.9. The van der Waals surface area contributed by atoms with Crippen LogP contribution >= 0.6 is 0 Å². The summed E-state index contributed by atoms with van der Waals surface area (Å²) in [7, 11) is 0. The molecule has 2 aliphatic heterocycles. The number of hydrogen-bond donors (Lipinski definition) is 0. The summed E-state index contributed by atoms with van der Waals surface area (Å²) in [6, 6.07) is 6.75. The summed E-state index contributed by atoms with van der Waals surface area (Å²) in [5, 5.41) is 0. The molecule has 1 amide bonds. The number of hydrogen-bond acceptors (Lipinski definition) is 4. The zero-order valence-electron chi connectivity index (χ0n) is 17.7. The molecular weight excluding hydrogens is 367 g/mol. The Kier molecular flexibility index (Phi) is 4.83. The molecule has 154 valence electrons. The van der Waals surface area contributed by atoms with Crippen LogP contribution in [0, 0.1) is 5.82 Å². The highest BCUT2D eigenvalue weighted by Crippen LogP contribution is 2.47. The fraction of sp³-hybridized carbons (Fsp3) is 0.522. The molecule has 0 N–H and O–H groups in total. The summed E-state index contributed by atoms with van der Waals surface area (Å²) >= 11 is 0. The van der Waals surface area contributed by atoms with E-state index in [2.05, 4.69) is 28.7 Å². The van der Waals surface area contributed by atoms with E-state index in [1.807, 2.05) is 24.8 Å². The van der Waals surface area contributed by atoms with E-state index in [1.165, 1.54) is 6.07 Å². The molecule has 0 aliphatic carbocycles. The molecule has 2 aliphatic rings. The molecule has 0 saturated carbocycles. The molecule has 1 aromatic heterocycles. The number of anilines is 1. The van der Waals surface area contributed by atoms with E-state index in [-0.39, 0.29) is 28.7 Å². The standard InChI is InChI=1S/C23H29FN4O/c1-16(2)20-25-12-17(13-26-20)21(29)27-10-6-9-23(27)14-22(3,4)28(15-23)19-8-5-7-18(24)11-19/h5,7-8,11-13,16H,6,9-10,14-15H2,1-4H3. The lowest BCUT2D eigenvalue weighted by Crippen LogP contribution is -2.49. The Balaban J connectivity index is 1.62. The molecule has 1 aromatic carbocycles. The number of amides is 1. The van der Waals surface area contributed by atoms with Gasteiger partial charge in [0, 0.05) is 42.6 Å². The Morgan fingerprint density at radius 1 is 1.21 bits per heavy atom. The molecule has 0 bridgehead atoms. The molecule has 29 heavy (non-hydrogen) atoms. The number of carbonyl (C=O) groups excluding carboxylic acids is 1. The monoisotopic (exact) mass is 396 g/mol. The largest absolute Gasteiger partial charge is 0.364 e. The Morgan fingerprint density at radius 2 is 1.93 bits per heavy atom. The number of nitrogens with zero attached hydrogens (tertiary/aromatic N) is 4. The zero-order valence-corrected chi connectivity index (χ0v) is 17.7. The molecule has 2 fully saturated rings. The number of rotatable bonds is 3. The van der Waals surface area contributed by atoms with Crippen LogP contribution in [0.1, 0.15) is 69.1 Å². The van der Waals surface area contributed by atoms with Crippen molar-refractivity contribution in [2.24, 2.45) is 0 Å². The van der Waals surface area contributed by atoms with Gasteiger partial charge in [-0.3, -0.25) is 4.79 Å². The van der Waals surface area contributed by atoms with Gasteiger partial charge in [0.1, 0.15) is 11.6 Å². The number of likely N-dealkylation sites (tertiary alicyclic amines) is 1. The number of aromatic nitrogens is 2. The highest BCUT2D eigenvalue weighted by Gasteiger charge is 2.55. The second kappa shape index (κ2) is 7.08. The minimum Gasteiger partial charge on any atom is -0.364 e. The molecule has 6 heteroatoms. The van der Waals surface area contributed by atoms with E-state index in [9.17, 15) is 9.18 Å². The van der Waals surface area contributed by atoms with Crippen LogP contribution in [0.2, 0.25) is 0 Å². The third-order valence-corrected chi connectivity index (χ3v) is 6.34. The predicted molar refractivity (Wildman–Crippen MR) is 112 cm³/mol. The Labute approximate surface area is 172 Å². The number of carbonyl (C=O) groups is 1. The summed E-state index contributed by atoms with van der Waals surface area (Å²) < 4.78 is 13.9. The van der Waals surface area contributed by atoms with Gasteiger partial charge in [-0.15, -0.1) is 0 Å². The van der Waals surface area contributed by atoms with Gasteiger partial charge in [0.2, 0.25) is 0 Å². The van der Waals surface area contributed by atoms with Crippen LogP contribution in [-0.4, -0.2) is 44.9 Å². The van der Waals surface area contributed by atoms with Gasteiger partial charge in [-0.05, 0) is 51.3 Å². The molecule has 3 heterocycles. The molecule has 4 rings (SSSR count). The average molecular weight is 397 g/mol. The van der Waals surface area contributed by atoms with Gasteiger partial charge < -0.3 is 9.80 Å². The zero-order chi connectivity index (χ0) is 20.8. The lowest BCUT2D eigenvalue weighted by Gasteiger charge is -2.35. The Hall–Kier alpha value is -2.50. The van der Waals surface area contributed by atoms with Crippen molar-refractivity contribution in [3.05, 3.63) is 53.9 Å². The van der Waals surface area contributed by atoms with Crippen LogP contribution in [0.5, 0.6) is 0 Å². The van der Waals surface area contributed by atoms with Crippen molar-refractivity contribution in [2.45, 2.75) is 64.0 Å². The van der Waals surface area contributed by atoms with Crippen LogP contribution < -0.4 is 4.90 Å². The molecule has 1 unspecified atom stereocenters. The third kappa shape index (κ3) is 3.49. The van der Waals surface area contributed by atoms with Crippen molar-refractivity contribution in [3.8, 4) is 0 Å². The van der Waals surface area contributed by atoms with E-state index in [4.69, 9.17) is 0 Å². The molecular formula is C23H29FN4O. The first-order valence-electron chi connectivity index (χ1n) is 10.4. The van der Waals surface area contributed by atoms with E-state index in [0.717, 1.165) is 37.3 Å². The van der Waals surface area contributed by atoms with Crippen LogP contribution in [-0.2, 0) is 0 Å². The van der Waals surface area contributed by atoms with E-state index >= 15 is 0 Å². The normalized spacial score (nSPS) is 23.4. The first-order chi connectivity index (χ1) is 13.7. The van der Waals surface area contributed by atoms with Gasteiger partial charge in [-0.2, -0.15) is 0 Å². The summed E-state index contributed by atoms with van der Waals surface area (Å²) in [6.07, 6.45) is 6.10. The third-order valence-electron chi connectivity index (χ3n) is 6.34. The van der Waals surface area contributed by atoms with Crippen LogP contribution in [0.25, 0.3) is 0 Å². The highest BCUT2D eigenvalue weighted by molar-refractivity contribution is 5.94. The summed E-state index contributed by atoms with van der Waals surface area (Å²) in [5.41, 5.74) is 0.992. The van der Waals surface area contributed by atoms with Crippen molar-refractivity contribution < 1.29 is 9.18 Å². The van der Waals surface area contributed by atoms with Crippen molar-refractivity contribution in [3.63, 3.8) is 0 Å². The van der Waals surface area contributed by atoms with Gasteiger partial charge in [-0.25, -0.2) is 14.4 Å². The van der Waals surface area contributed by atoms with Crippen molar-refractivity contribution in [2.75, 3.05) is 18.0 Å². The van der Waals surface area contributed by atoms with E-state index < -0.39 is 0 Å². The van der Waals surface area contributed by atoms with Crippen LogP contribution in [0.3, 0.4) is 0 Å². The van der Waals surface area contributed by atoms with Crippen molar-refractivity contribution in [1.29, 1.82) is 0 Å². The van der Waals surface area contributed by atoms with Crippen LogP contribution in [0.4, 0.5) is 10.1 Å². The molecule has 1 spiro atoms. The Morgan fingerprint density at radius 3 is 2.59 bits per heavy atom. The Bertz CT molecular complexity index is 911. The fourth-order valence-corrected chi connectivity index (χ4v) is 5.06. The predicted octanol–water partition coefficient (Wildman–Crippen LogP) is 4.40. The summed E-state index contributed by atoms with van der Waals surface area (Å²) in [6.45, 7) is 9.86. The second-order valence-electron chi connectivity index (χ2n) is 9.32. The van der Waals surface area contributed by atoms with Gasteiger partial charge in [0.05, 0.1) is 11.1 Å². The lowest BCUT2D eigenvalue weighted by molar-refractivity contribution is 0.0616. The quantitative estimate of drug-likeness (QED) is 0.771. The molecule has 1 atom stereocenters. The van der Waals surface area contributed by atoms with Gasteiger partial charge in [0.15, 0.2) is 0 Å². The molecule has 2 aromatic rings. The van der Waals surface area contributed by atoms with Crippen molar-refractivity contribution in [1.82, 2.24) is 14.9 Å². The van der Waals surface area contributed by atoms with Gasteiger partial charge in [-0.1, -0.05) is 19.9 Å². The van der Waals surface area contributed by atoms with Crippen LogP contribution in [0.15, 0.2) is 36.7 Å². The first kappa shape index (κ1) is 19.8. The minimum absolute atomic E-state index is 0.00491. The lowest BCUT2D eigenvalue weighted by atomic mass is 9.87. The first-order valence-corrected chi connectivity index (χ1v) is 10.4. The number of benzene rings is 1. The van der Waals surface area contributed by atoms with E-state index in [1.54, 1.807) is 24.5 Å². The average Bonchev–Trinajstić information content (AvgIpc) is 3.20.